The van der Waals surface area contributed by atoms with Gasteiger partial charge in [0.25, 0.3) is 0 Å². The second kappa shape index (κ2) is 4.25. The van der Waals surface area contributed by atoms with E-state index in [9.17, 15) is 0 Å². The van der Waals surface area contributed by atoms with Crippen molar-refractivity contribution in [2.45, 2.75) is 6.92 Å². The minimum Gasteiger partial charge on any atom is -0.454 e. The summed E-state index contributed by atoms with van der Waals surface area (Å²) in [6, 6.07) is 11.6. The van der Waals surface area contributed by atoms with Crippen LogP contribution in [0.25, 0.3) is 16.9 Å². The van der Waals surface area contributed by atoms with Crippen LogP contribution in [0.5, 0.6) is 11.5 Å². The van der Waals surface area contributed by atoms with Crippen molar-refractivity contribution < 1.29 is 9.47 Å². The zero-order chi connectivity index (χ0) is 14.4. The molecule has 102 valence electrons. The van der Waals surface area contributed by atoms with Crippen molar-refractivity contribution in [2.24, 2.45) is 0 Å². The van der Waals surface area contributed by atoms with Crippen LogP contribution in [0.1, 0.15) is 11.3 Å². The minimum atomic E-state index is 0.259. The molecule has 4 rings (SSSR count). The van der Waals surface area contributed by atoms with Crippen LogP contribution < -0.4 is 9.47 Å². The monoisotopic (exact) mass is 277 g/mol. The Kier molecular flexibility index (Phi) is 2.39. The fourth-order valence-corrected chi connectivity index (χ4v) is 2.50. The first-order valence-electron chi connectivity index (χ1n) is 6.55. The van der Waals surface area contributed by atoms with Gasteiger partial charge in [0.1, 0.15) is 11.7 Å². The Bertz CT molecular complexity index is 906. The zero-order valence-electron chi connectivity index (χ0n) is 11.3. The maximum absolute atomic E-state index is 9.09. The smallest absolute Gasteiger partial charge is 0.231 e. The van der Waals surface area contributed by atoms with Gasteiger partial charge >= 0.3 is 0 Å². The molecule has 1 aliphatic rings. The first kappa shape index (κ1) is 11.8. The first-order valence-corrected chi connectivity index (χ1v) is 6.55. The fourth-order valence-electron chi connectivity index (χ4n) is 2.50. The van der Waals surface area contributed by atoms with Gasteiger partial charge in [0, 0.05) is 17.5 Å². The van der Waals surface area contributed by atoms with E-state index in [2.05, 4.69) is 11.1 Å². The molecule has 3 heterocycles. The number of ether oxygens (including phenoxy) is 2. The largest absolute Gasteiger partial charge is 0.454 e. The van der Waals surface area contributed by atoms with Crippen molar-refractivity contribution in [2.75, 3.05) is 6.79 Å². The third-order valence-corrected chi connectivity index (χ3v) is 3.67. The summed E-state index contributed by atoms with van der Waals surface area (Å²) in [5.74, 6) is 1.49. The third-order valence-electron chi connectivity index (χ3n) is 3.67. The zero-order valence-corrected chi connectivity index (χ0v) is 11.3. The number of rotatable bonds is 1. The van der Waals surface area contributed by atoms with E-state index in [1.165, 1.54) is 0 Å². The molecule has 3 aromatic rings. The highest BCUT2D eigenvalue weighted by atomic mass is 16.7. The van der Waals surface area contributed by atoms with E-state index in [-0.39, 0.29) is 6.79 Å². The molecular formula is C16H11N3O2. The molecule has 0 spiro atoms. The van der Waals surface area contributed by atoms with E-state index in [4.69, 9.17) is 14.7 Å². The highest BCUT2D eigenvalue weighted by Gasteiger charge is 2.15. The van der Waals surface area contributed by atoms with Gasteiger partial charge in [-0.1, -0.05) is 0 Å². The number of imidazole rings is 1. The summed E-state index contributed by atoms with van der Waals surface area (Å²) < 4.78 is 12.6. The molecule has 0 radical (unpaired) electrons. The Morgan fingerprint density at radius 3 is 2.90 bits per heavy atom. The highest BCUT2D eigenvalue weighted by Crippen LogP contribution is 2.35. The Morgan fingerprint density at radius 2 is 2.05 bits per heavy atom. The number of nitrogens with zero attached hydrogens (tertiary/aromatic N) is 3. The van der Waals surface area contributed by atoms with E-state index in [0.717, 1.165) is 34.1 Å². The standard InChI is InChI=1S/C16H11N3O2/c1-10-12(7-17)3-5-16-18-13(8-19(10)16)11-2-4-14-15(6-11)21-9-20-14/h2-6,8H,9H2,1H3. The summed E-state index contributed by atoms with van der Waals surface area (Å²) in [5.41, 5.74) is 4.15. The van der Waals surface area contributed by atoms with Crippen LogP contribution >= 0.6 is 0 Å². The second-order valence-corrected chi connectivity index (χ2v) is 4.87. The predicted octanol–water partition coefficient (Wildman–Crippen LogP) is 2.91. The number of pyridine rings is 1. The van der Waals surface area contributed by atoms with Gasteiger partial charge in [0.2, 0.25) is 6.79 Å². The number of hydrogen-bond donors (Lipinski definition) is 0. The molecule has 21 heavy (non-hydrogen) atoms. The highest BCUT2D eigenvalue weighted by molar-refractivity contribution is 5.67. The van der Waals surface area contributed by atoms with Crippen LogP contribution in [0, 0.1) is 18.3 Å². The summed E-state index contributed by atoms with van der Waals surface area (Å²) in [5, 5.41) is 9.09. The molecule has 5 nitrogen and oxygen atoms in total. The molecule has 5 heteroatoms. The molecule has 2 aromatic heterocycles. The Morgan fingerprint density at radius 1 is 1.19 bits per heavy atom. The molecule has 0 aliphatic carbocycles. The topological polar surface area (TPSA) is 59.5 Å². The van der Waals surface area contributed by atoms with Gasteiger partial charge in [0.15, 0.2) is 11.5 Å². The average Bonchev–Trinajstić information content (AvgIpc) is 3.13. The van der Waals surface area contributed by atoms with Crippen molar-refractivity contribution in [1.29, 1.82) is 5.26 Å². The minimum absolute atomic E-state index is 0.259. The van der Waals surface area contributed by atoms with Crippen molar-refractivity contribution >= 4 is 5.65 Å². The Hall–Kier alpha value is -3.00. The van der Waals surface area contributed by atoms with E-state index >= 15 is 0 Å². The second-order valence-electron chi connectivity index (χ2n) is 4.87. The van der Waals surface area contributed by atoms with Crippen molar-refractivity contribution in [3.05, 3.63) is 47.8 Å². The van der Waals surface area contributed by atoms with Gasteiger partial charge in [0.05, 0.1) is 11.3 Å². The van der Waals surface area contributed by atoms with E-state index in [1.54, 1.807) is 6.07 Å². The van der Waals surface area contributed by atoms with Crippen LogP contribution in [0.15, 0.2) is 36.5 Å². The van der Waals surface area contributed by atoms with Crippen LogP contribution in [0.4, 0.5) is 0 Å². The molecule has 0 bridgehead atoms. The number of aryl methyl sites for hydroxylation is 1. The van der Waals surface area contributed by atoms with Crippen molar-refractivity contribution in [3.63, 3.8) is 0 Å². The maximum Gasteiger partial charge on any atom is 0.231 e. The van der Waals surface area contributed by atoms with Gasteiger partial charge in [-0.25, -0.2) is 4.98 Å². The Labute approximate surface area is 121 Å². The molecule has 1 aliphatic heterocycles. The molecule has 0 N–H and O–H groups in total. The molecule has 0 amide bonds. The summed E-state index contributed by atoms with van der Waals surface area (Å²) in [6.07, 6.45) is 1.93. The summed E-state index contributed by atoms with van der Waals surface area (Å²) >= 11 is 0. The van der Waals surface area contributed by atoms with E-state index in [0.29, 0.717) is 5.56 Å². The van der Waals surface area contributed by atoms with Crippen LogP contribution in [0.3, 0.4) is 0 Å². The average molecular weight is 277 g/mol. The number of aromatic nitrogens is 2. The number of nitriles is 1. The summed E-state index contributed by atoms with van der Waals surface area (Å²) in [7, 11) is 0. The van der Waals surface area contributed by atoms with E-state index < -0.39 is 0 Å². The fraction of sp³-hybridized carbons (Fsp3) is 0.125. The Balaban J connectivity index is 1.88. The predicted molar refractivity (Wildman–Crippen MR) is 76.2 cm³/mol. The SMILES string of the molecule is Cc1c(C#N)ccc2nc(-c3ccc4c(c3)OCO4)cn12. The lowest BCUT2D eigenvalue weighted by molar-refractivity contribution is 0.174. The van der Waals surface area contributed by atoms with Crippen molar-refractivity contribution in [3.8, 4) is 28.8 Å². The van der Waals surface area contributed by atoms with Crippen LogP contribution in [0.2, 0.25) is 0 Å². The lowest BCUT2D eigenvalue weighted by Crippen LogP contribution is -1.93. The lowest BCUT2D eigenvalue weighted by atomic mass is 10.1. The van der Waals surface area contributed by atoms with Gasteiger partial charge in [-0.3, -0.25) is 0 Å². The quantitative estimate of drug-likeness (QED) is 0.686. The van der Waals surface area contributed by atoms with Crippen LogP contribution in [-0.4, -0.2) is 16.2 Å². The molecule has 0 saturated heterocycles. The molecule has 0 atom stereocenters. The van der Waals surface area contributed by atoms with Gasteiger partial charge < -0.3 is 13.9 Å². The molecule has 0 saturated carbocycles. The van der Waals surface area contributed by atoms with Gasteiger partial charge in [-0.15, -0.1) is 0 Å². The van der Waals surface area contributed by atoms with Crippen molar-refractivity contribution in [1.82, 2.24) is 9.38 Å². The summed E-state index contributed by atoms with van der Waals surface area (Å²) in [6.45, 7) is 2.17. The normalized spacial score (nSPS) is 12.6. The summed E-state index contributed by atoms with van der Waals surface area (Å²) in [4.78, 5) is 4.60. The van der Waals surface area contributed by atoms with Gasteiger partial charge in [-0.2, -0.15) is 5.26 Å². The van der Waals surface area contributed by atoms with Crippen LogP contribution in [-0.2, 0) is 0 Å². The third kappa shape index (κ3) is 1.73. The number of fused-ring (bicyclic) bond motifs is 2. The molecule has 0 unspecified atom stereocenters. The molecule has 1 aromatic carbocycles. The number of hydrogen-bond acceptors (Lipinski definition) is 4. The van der Waals surface area contributed by atoms with E-state index in [1.807, 2.05) is 41.8 Å². The molecule has 0 fully saturated rings. The number of benzene rings is 1. The lowest BCUT2D eigenvalue weighted by Gasteiger charge is -2.00. The molecular weight excluding hydrogens is 266 g/mol. The maximum atomic E-state index is 9.09. The van der Waals surface area contributed by atoms with Gasteiger partial charge in [-0.05, 0) is 37.3 Å². The first-order chi connectivity index (χ1) is 10.3.